The molecule has 0 aromatic rings. The van der Waals surface area contributed by atoms with Gasteiger partial charge in [0.25, 0.3) is 0 Å². The number of likely N-dealkylation sites (N-methyl/N-ethyl adjacent to an activating group) is 1. The van der Waals surface area contributed by atoms with E-state index in [-0.39, 0.29) is 0 Å². The highest BCUT2D eigenvalue weighted by Crippen LogP contribution is 1.93. The molecule has 0 bridgehead atoms. The van der Waals surface area contributed by atoms with Gasteiger partial charge in [0.15, 0.2) is 0 Å². The van der Waals surface area contributed by atoms with Crippen molar-refractivity contribution in [1.82, 2.24) is 9.80 Å². The lowest BCUT2D eigenvalue weighted by Crippen LogP contribution is -2.28. The maximum Gasteiger partial charge on any atom is 0.204 e. The van der Waals surface area contributed by atoms with Crippen molar-refractivity contribution in [2.24, 2.45) is 0 Å². The van der Waals surface area contributed by atoms with Crippen molar-refractivity contribution in [3.8, 4) is 0 Å². The quantitative estimate of drug-likeness (QED) is 0.426. The molecule has 0 aliphatic heterocycles. The topological polar surface area (TPSA) is 35.6 Å². The lowest BCUT2D eigenvalue weighted by atomic mass is 10.4. The van der Waals surface area contributed by atoms with E-state index in [9.17, 15) is 5.11 Å². The van der Waals surface area contributed by atoms with Crippen LogP contribution in [0.5, 0.6) is 0 Å². The normalized spacial score (nSPS) is 14.1. The van der Waals surface area contributed by atoms with Crippen LogP contribution in [0, 0.1) is 0 Å². The maximum absolute atomic E-state index is 11.1. The van der Waals surface area contributed by atoms with Crippen LogP contribution in [0.2, 0.25) is 0 Å². The molecule has 0 aromatic heterocycles. The average Bonchev–Trinajstić information content (AvgIpc) is 1.96. The summed E-state index contributed by atoms with van der Waals surface area (Å²) in [6.45, 7) is 1.97. The second-order valence-corrected chi connectivity index (χ2v) is 3.72. The van der Waals surface area contributed by atoms with Gasteiger partial charge in [-0.25, -0.2) is 5.11 Å². The van der Waals surface area contributed by atoms with Crippen molar-refractivity contribution in [3.63, 3.8) is 0 Å². The van der Waals surface area contributed by atoms with Crippen LogP contribution >= 0.6 is 0 Å². The monoisotopic (exact) mass is 189 g/mol. The molecule has 0 aliphatic carbocycles. The van der Waals surface area contributed by atoms with Gasteiger partial charge in [0.2, 0.25) is 6.29 Å². The van der Waals surface area contributed by atoms with Crippen LogP contribution in [0.3, 0.4) is 0 Å². The summed E-state index contributed by atoms with van der Waals surface area (Å²) >= 11 is 0. The van der Waals surface area contributed by atoms with Crippen molar-refractivity contribution in [2.45, 2.75) is 12.7 Å². The van der Waals surface area contributed by atoms with E-state index in [0.717, 1.165) is 13.0 Å². The molecule has 0 fully saturated rings. The Kier molecular flexibility index (Phi) is 7.17. The molecule has 0 spiro atoms. The van der Waals surface area contributed by atoms with Crippen LogP contribution in [0.25, 0.3) is 0 Å². The molecule has 0 aliphatic rings. The zero-order valence-electron chi connectivity index (χ0n) is 9.12. The van der Waals surface area contributed by atoms with Gasteiger partial charge in [0.05, 0.1) is 13.2 Å². The fraction of sp³-hybridized carbons (Fsp3) is 1.00. The maximum atomic E-state index is 11.1. The highest BCUT2D eigenvalue weighted by atomic mass is 16.6. The van der Waals surface area contributed by atoms with Gasteiger partial charge < -0.3 is 14.5 Å². The molecule has 13 heavy (non-hydrogen) atoms. The number of hydrogen-bond donors (Lipinski definition) is 0. The third-order valence-corrected chi connectivity index (χ3v) is 1.57. The largest absolute Gasteiger partial charge is 0.349 e. The summed E-state index contributed by atoms with van der Waals surface area (Å²) in [5.74, 6) is 0. The molecule has 0 heterocycles. The predicted octanol–water partition coefficient (Wildman–Crippen LogP) is 0.273. The Balaban J connectivity index is 3.22. The first-order valence-corrected chi connectivity index (χ1v) is 4.59. The Bertz CT molecular complexity index is 118. The van der Waals surface area contributed by atoms with Crippen LogP contribution in [0.4, 0.5) is 0 Å². The molecule has 0 rings (SSSR count). The number of hydrogen-bond acceptors (Lipinski definition) is 3. The van der Waals surface area contributed by atoms with E-state index >= 15 is 0 Å². The Morgan fingerprint density at radius 2 is 1.77 bits per heavy atom. The van der Waals surface area contributed by atoms with Crippen molar-refractivity contribution < 1.29 is 9.84 Å². The molecule has 1 atom stereocenters. The molecule has 0 aromatic carbocycles. The number of ether oxygens (including phenoxy) is 1. The van der Waals surface area contributed by atoms with Gasteiger partial charge in [-0.05, 0) is 41.2 Å². The van der Waals surface area contributed by atoms with Gasteiger partial charge in [-0.1, -0.05) is 0 Å². The lowest BCUT2D eigenvalue weighted by Gasteiger charge is -2.15. The first kappa shape index (κ1) is 12.8. The zero-order chi connectivity index (χ0) is 10.3. The Labute approximate surface area is 81.1 Å². The van der Waals surface area contributed by atoms with Gasteiger partial charge >= 0.3 is 0 Å². The van der Waals surface area contributed by atoms with Gasteiger partial charge in [-0.3, -0.25) is 0 Å². The number of nitrogens with zero attached hydrogens (tertiary/aromatic N) is 2. The second kappa shape index (κ2) is 7.26. The molecule has 79 valence electrons. The summed E-state index contributed by atoms with van der Waals surface area (Å²) in [5, 5.41) is 11.1. The van der Waals surface area contributed by atoms with Crippen molar-refractivity contribution >= 4 is 0 Å². The Hall–Kier alpha value is -0.160. The number of rotatable bonds is 7. The van der Waals surface area contributed by atoms with Crippen molar-refractivity contribution in [2.75, 3.05) is 47.9 Å². The van der Waals surface area contributed by atoms with Crippen LogP contribution in [0.1, 0.15) is 6.42 Å². The van der Waals surface area contributed by atoms with E-state index < -0.39 is 6.29 Å². The molecule has 0 amide bonds. The molecule has 0 saturated carbocycles. The molecule has 4 nitrogen and oxygen atoms in total. The van der Waals surface area contributed by atoms with Gasteiger partial charge in [-0.2, -0.15) is 0 Å². The summed E-state index contributed by atoms with van der Waals surface area (Å²) in [5.41, 5.74) is 0. The first-order chi connectivity index (χ1) is 6.02. The minimum Gasteiger partial charge on any atom is -0.349 e. The second-order valence-electron chi connectivity index (χ2n) is 3.72. The lowest BCUT2D eigenvalue weighted by molar-refractivity contribution is -0.148. The minimum absolute atomic E-state index is 0.446. The molecule has 0 N–H and O–H groups in total. The Morgan fingerprint density at radius 1 is 1.15 bits per heavy atom. The van der Waals surface area contributed by atoms with E-state index in [0.29, 0.717) is 13.2 Å². The summed E-state index contributed by atoms with van der Waals surface area (Å²) < 4.78 is 5.08. The third kappa shape index (κ3) is 9.76. The van der Waals surface area contributed by atoms with E-state index in [1.165, 1.54) is 0 Å². The minimum atomic E-state index is -0.905. The zero-order valence-corrected chi connectivity index (χ0v) is 9.12. The van der Waals surface area contributed by atoms with Gasteiger partial charge in [0.1, 0.15) is 0 Å². The molecular weight excluding hydrogens is 168 g/mol. The van der Waals surface area contributed by atoms with Crippen LogP contribution in [-0.4, -0.2) is 64.0 Å². The summed E-state index contributed by atoms with van der Waals surface area (Å²) in [6, 6.07) is 0. The molecule has 0 saturated heterocycles. The van der Waals surface area contributed by atoms with Crippen LogP contribution < -0.4 is 0 Å². The fourth-order valence-corrected chi connectivity index (χ4v) is 0.946. The highest BCUT2D eigenvalue weighted by molar-refractivity contribution is 4.48. The van der Waals surface area contributed by atoms with E-state index in [1.54, 1.807) is 0 Å². The van der Waals surface area contributed by atoms with Gasteiger partial charge in [0, 0.05) is 0 Å². The Morgan fingerprint density at radius 3 is 2.23 bits per heavy atom. The predicted molar refractivity (Wildman–Crippen MR) is 52.2 cm³/mol. The van der Waals surface area contributed by atoms with E-state index in [2.05, 4.69) is 4.90 Å². The molecule has 1 unspecified atom stereocenters. The van der Waals surface area contributed by atoms with Gasteiger partial charge in [-0.15, -0.1) is 0 Å². The summed E-state index contributed by atoms with van der Waals surface area (Å²) in [7, 11) is 7.76. The highest BCUT2D eigenvalue weighted by Gasteiger charge is 2.06. The van der Waals surface area contributed by atoms with Crippen molar-refractivity contribution in [3.05, 3.63) is 0 Å². The summed E-state index contributed by atoms with van der Waals surface area (Å²) in [4.78, 5) is 3.92. The smallest absolute Gasteiger partial charge is 0.204 e. The molecule has 4 heteroatoms. The van der Waals surface area contributed by atoms with E-state index in [1.807, 2.05) is 33.1 Å². The SMILES string of the molecule is CN(C)CCCOC([O])CN(C)C. The molecular formula is C9H21N2O2. The summed E-state index contributed by atoms with van der Waals surface area (Å²) in [6.07, 6.45) is 0.0104. The van der Waals surface area contributed by atoms with Crippen LogP contribution in [0.15, 0.2) is 0 Å². The third-order valence-electron chi connectivity index (χ3n) is 1.57. The first-order valence-electron chi connectivity index (χ1n) is 4.59. The van der Waals surface area contributed by atoms with E-state index in [4.69, 9.17) is 4.74 Å². The standard InChI is InChI=1S/C9H21N2O2/c1-10(2)6-5-7-13-9(12)8-11(3)4/h9H,5-8H2,1-4H3. The fourth-order valence-electron chi connectivity index (χ4n) is 0.946. The van der Waals surface area contributed by atoms with Crippen molar-refractivity contribution in [1.29, 1.82) is 0 Å². The molecule has 1 radical (unpaired) electrons. The van der Waals surface area contributed by atoms with Crippen LogP contribution in [-0.2, 0) is 9.84 Å². The average molecular weight is 189 g/mol.